The predicted molar refractivity (Wildman–Crippen MR) is 78.1 cm³/mol. The molecule has 24 heavy (non-hydrogen) atoms. The Morgan fingerprint density at radius 2 is 2.04 bits per heavy atom. The number of anilines is 1. The van der Waals surface area contributed by atoms with Crippen molar-refractivity contribution in [3.05, 3.63) is 41.6 Å². The Kier molecular flexibility index (Phi) is 5.76. The van der Waals surface area contributed by atoms with Crippen LogP contribution in [0.3, 0.4) is 0 Å². The number of hydrogen-bond acceptors (Lipinski definition) is 5. The third-order valence-electron chi connectivity index (χ3n) is 3.10. The largest absolute Gasteiger partial charge is 0.423 e. The van der Waals surface area contributed by atoms with Crippen LogP contribution in [0.1, 0.15) is 30.3 Å². The van der Waals surface area contributed by atoms with E-state index in [0.717, 1.165) is 0 Å². The molecule has 0 fully saturated rings. The Morgan fingerprint density at radius 1 is 1.29 bits per heavy atom. The molecular formula is C15H17F4N3O2. The summed E-state index contributed by atoms with van der Waals surface area (Å²) in [5, 5.41) is 10.8. The molecule has 0 amide bonds. The molecule has 0 bridgehead atoms. The maximum atomic E-state index is 12.8. The van der Waals surface area contributed by atoms with Gasteiger partial charge in [0.15, 0.2) is 0 Å². The van der Waals surface area contributed by atoms with Crippen LogP contribution in [0, 0.1) is 6.92 Å². The second-order valence-corrected chi connectivity index (χ2v) is 5.28. The second-order valence-electron chi connectivity index (χ2n) is 5.28. The highest BCUT2D eigenvalue weighted by atomic mass is 19.3. The molecule has 0 unspecified atom stereocenters. The average Bonchev–Trinajstić information content (AvgIpc) is 2.94. The zero-order chi connectivity index (χ0) is 17.7. The number of hydrogen-bond donors (Lipinski definition) is 1. The number of nitrogens with zero attached hydrogens (tertiary/aromatic N) is 2. The van der Waals surface area contributed by atoms with Crippen LogP contribution in [-0.2, 0) is 11.3 Å². The van der Waals surface area contributed by atoms with Gasteiger partial charge in [0.25, 0.3) is 0 Å². The summed E-state index contributed by atoms with van der Waals surface area (Å²) in [6, 6.07) is 6.51. The highest BCUT2D eigenvalue weighted by molar-refractivity contribution is 5.46. The van der Waals surface area contributed by atoms with Gasteiger partial charge in [-0.15, -0.1) is 10.2 Å². The smallest absolute Gasteiger partial charge is 0.330 e. The molecule has 9 heteroatoms. The highest BCUT2D eigenvalue weighted by Crippen LogP contribution is 2.24. The number of ether oxygens (including phenoxy) is 1. The lowest BCUT2D eigenvalue weighted by molar-refractivity contribution is -0.168. The van der Waals surface area contributed by atoms with Gasteiger partial charge in [0.1, 0.15) is 12.6 Å². The summed E-state index contributed by atoms with van der Waals surface area (Å²) < 4.78 is 59.7. The molecule has 2 aromatic rings. The molecule has 1 aromatic heterocycles. The summed E-state index contributed by atoms with van der Waals surface area (Å²) in [6.07, 6.45) is -3.75. The predicted octanol–water partition coefficient (Wildman–Crippen LogP) is 3.97. The summed E-state index contributed by atoms with van der Waals surface area (Å²) in [5.74, 6) is -3.30. The highest BCUT2D eigenvalue weighted by Gasteiger charge is 2.40. The van der Waals surface area contributed by atoms with Crippen LogP contribution in [0.4, 0.5) is 23.2 Å². The summed E-state index contributed by atoms with van der Waals surface area (Å²) in [5.41, 5.74) is 1.25. The van der Waals surface area contributed by atoms with Gasteiger partial charge in [-0.3, -0.25) is 0 Å². The Hall–Kier alpha value is -2.16. The first kappa shape index (κ1) is 18.2. The second kappa shape index (κ2) is 7.61. The van der Waals surface area contributed by atoms with Crippen LogP contribution < -0.4 is 5.32 Å². The number of aromatic nitrogens is 2. The van der Waals surface area contributed by atoms with E-state index in [1.807, 2.05) is 6.92 Å². The fourth-order valence-corrected chi connectivity index (χ4v) is 1.92. The van der Waals surface area contributed by atoms with Crippen molar-refractivity contribution in [2.75, 3.05) is 11.9 Å². The molecule has 1 atom stereocenters. The van der Waals surface area contributed by atoms with Gasteiger partial charge < -0.3 is 14.5 Å². The van der Waals surface area contributed by atoms with E-state index in [0.29, 0.717) is 23.0 Å². The third kappa shape index (κ3) is 4.92. The SMILES string of the molecule is Cc1nnc([C@@H](C)Nc2cccc(COCC(F)(F)C(F)F)c2)o1. The maximum Gasteiger partial charge on any atom is 0.330 e. The Balaban J connectivity index is 1.91. The van der Waals surface area contributed by atoms with E-state index in [1.165, 1.54) is 0 Å². The van der Waals surface area contributed by atoms with Crippen LogP contribution in [0.5, 0.6) is 0 Å². The molecule has 1 N–H and O–H groups in total. The molecule has 132 valence electrons. The van der Waals surface area contributed by atoms with Crippen LogP contribution >= 0.6 is 0 Å². The minimum Gasteiger partial charge on any atom is -0.423 e. The zero-order valence-corrected chi connectivity index (χ0v) is 13.1. The number of nitrogens with one attached hydrogen (secondary N) is 1. The summed E-state index contributed by atoms with van der Waals surface area (Å²) in [6.45, 7) is 1.96. The fourth-order valence-electron chi connectivity index (χ4n) is 1.92. The lowest BCUT2D eigenvalue weighted by Crippen LogP contribution is -2.32. The number of benzene rings is 1. The molecule has 1 aromatic carbocycles. The fraction of sp³-hybridized carbons (Fsp3) is 0.467. The van der Waals surface area contributed by atoms with Crippen molar-refractivity contribution in [1.29, 1.82) is 0 Å². The Morgan fingerprint density at radius 3 is 2.67 bits per heavy atom. The topological polar surface area (TPSA) is 60.2 Å². The number of rotatable bonds is 8. The lowest BCUT2D eigenvalue weighted by Gasteiger charge is -2.16. The van der Waals surface area contributed by atoms with Crippen molar-refractivity contribution in [2.24, 2.45) is 0 Å². The van der Waals surface area contributed by atoms with E-state index in [9.17, 15) is 17.6 Å². The van der Waals surface area contributed by atoms with Gasteiger partial charge in [-0.05, 0) is 24.6 Å². The average molecular weight is 347 g/mol. The molecule has 0 aliphatic rings. The van der Waals surface area contributed by atoms with Gasteiger partial charge in [0, 0.05) is 12.6 Å². The van der Waals surface area contributed by atoms with Gasteiger partial charge in [-0.25, -0.2) is 8.78 Å². The maximum absolute atomic E-state index is 12.8. The molecular weight excluding hydrogens is 330 g/mol. The minimum absolute atomic E-state index is 0.203. The van der Waals surface area contributed by atoms with Crippen molar-refractivity contribution in [1.82, 2.24) is 10.2 Å². The van der Waals surface area contributed by atoms with Crippen molar-refractivity contribution in [2.45, 2.75) is 38.8 Å². The van der Waals surface area contributed by atoms with Crippen molar-refractivity contribution in [3.63, 3.8) is 0 Å². The van der Waals surface area contributed by atoms with Crippen LogP contribution in [-0.4, -0.2) is 29.2 Å². The van der Waals surface area contributed by atoms with E-state index in [2.05, 4.69) is 15.5 Å². The zero-order valence-electron chi connectivity index (χ0n) is 13.1. The molecule has 0 saturated heterocycles. The first-order valence-corrected chi connectivity index (χ1v) is 7.17. The van der Waals surface area contributed by atoms with Crippen LogP contribution in [0.2, 0.25) is 0 Å². The number of aryl methyl sites for hydroxylation is 1. The van der Waals surface area contributed by atoms with E-state index in [1.54, 1.807) is 31.2 Å². The van der Waals surface area contributed by atoms with Gasteiger partial charge in [0.2, 0.25) is 11.8 Å². The summed E-state index contributed by atoms with van der Waals surface area (Å²) >= 11 is 0. The normalized spacial score (nSPS) is 13.3. The lowest BCUT2D eigenvalue weighted by atomic mass is 10.2. The molecule has 0 spiro atoms. The van der Waals surface area contributed by atoms with Crippen molar-refractivity contribution < 1.29 is 26.7 Å². The monoisotopic (exact) mass is 347 g/mol. The first-order chi connectivity index (χ1) is 11.3. The molecule has 2 rings (SSSR count). The molecule has 0 radical (unpaired) electrons. The van der Waals surface area contributed by atoms with E-state index in [-0.39, 0.29) is 12.6 Å². The summed E-state index contributed by atoms with van der Waals surface area (Å²) in [4.78, 5) is 0. The molecule has 5 nitrogen and oxygen atoms in total. The third-order valence-corrected chi connectivity index (χ3v) is 3.10. The number of alkyl halides is 4. The van der Waals surface area contributed by atoms with E-state index < -0.39 is 19.0 Å². The van der Waals surface area contributed by atoms with E-state index >= 15 is 0 Å². The van der Waals surface area contributed by atoms with Gasteiger partial charge in [0.05, 0.1) is 6.61 Å². The van der Waals surface area contributed by atoms with Crippen molar-refractivity contribution >= 4 is 5.69 Å². The minimum atomic E-state index is -4.15. The molecule has 0 aliphatic carbocycles. The number of halogens is 4. The van der Waals surface area contributed by atoms with Crippen LogP contribution in [0.15, 0.2) is 28.7 Å². The quantitative estimate of drug-likeness (QED) is 0.732. The van der Waals surface area contributed by atoms with Crippen LogP contribution in [0.25, 0.3) is 0 Å². The van der Waals surface area contributed by atoms with E-state index in [4.69, 9.17) is 9.15 Å². The Labute approximate surface area is 136 Å². The summed E-state index contributed by atoms with van der Waals surface area (Å²) in [7, 11) is 0. The van der Waals surface area contributed by atoms with Gasteiger partial charge in [-0.2, -0.15) is 8.78 Å². The van der Waals surface area contributed by atoms with Gasteiger partial charge >= 0.3 is 12.3 Å². The molecule has 1 heterocycles. The Bertz CT molecular complexity index is 664. The van der Waals surface area contributed by atoms with Gasteiger partial charge in [-0.1, -0.05) is 12.1 Å². The molecule has 0 aliphatic heterocycles. The first-order valence-electron chi connectivity index (χ1n) is 7.17. The molecule has 0 saturated carbocycles. The van der Waals surface area contributed by atoms with Crippen molar-refractivity contribution in [3.8, 4) is 0 Å². The standard InChI is InChI=1S/C15H17F4N3O2/c1-9(13-22-21-10(2)24-13)20-12-5-3-4-11(6-12)7-23-8-15(18,19)14(16)17/h3-6,9,14,20H,7-8H2,1-2H3/t9-/m1/s1.